The summed E-state index contributed by atoms with van der Waals surface area (Å²) in [5.74, 6) is 0. The highest BCUT2D eigenvalue weighted by Crippen LogP contribution is 2.38. The predicted molar refractivity (Wildman–Crippen MR) is 122 cm³/mol. The number of nitrogens with one attached hydrogen (secondary N) is 1. The van der Waals surface area contributed by atoms with Crippen LogP contribution < -0.4 is 10.5 Å². The van der Waals surface area contributed by atoms with E-state index in [0.717, 1.165) is 67.1 Å². The summed E-state index contributed by atoms with van der Waals surface area (Å²) in [5, 5.41) is 28.2. The maximum Gasteiger partial charge on any atom is 0.354 e. The highest BCUT2D eigenvalue weighted by molar-refractivity contribution is 8.27. The molecule has 8 nitrogen and oxygen atoms in total. The minimum absolute atomic E-state index is 0.0717. The van der Waals surface area contributed by atoms with Gasteiger partial charge in [-0.25, -0.2) is 14.1 Å². The van der Waals surface area contributed by atoms with E-state index in [9.17, 15) is 19.2 Å². The molecular weight excluding hydrogens is 424 g/mol. The van der Waals surface area contributed by atoms with E-state index in [4.69, 9.17) is 5.14 Å². The van der Waals surface area contributed by atoms with Gasteiger partial charge in [0.1, 0.15) is 20.6 Å². The Balaban J connectivity index is 1.83. The number of anilines is 1. The van der Waals surface area contributed by atoms with E-state index in [0.29, 0.717) is 0 Å². The lowest BCUT2D eigenvalue weighted by Crippen LogP contribution is -2.37. The number of fused-ring (bicyclic) bond motifs is 2. The first-order valence-electron chi connectivity index (χ1n) is 9.78. The van der Waals surface area contributed by atoms with Gasteiger partial charge in [-0.15, -0.1) is 4.36 Å². The molecule has 0 aliphatic heterocycles. The number of nitrogens with zero attached hydrogens (tertiary/aromatic N) is 2. The van der Waals surface area contributed by atoms with Crippen molar-refractivity contribution in [2.45, 2.75) is 51.0 Å². The summed E-state index contributed by atoms with van der Waals surface area (Å²) in [4.78, 5) is 16.5. The number of aliphatic hydroxyl groups is 2. The highest BCUT2D eigenvalue weighted by atomic mass is 32.3. The zero-order valence-corrected chi connectivity index (χ0v) is 18.9. The van der Waals surface area contributed by atoms with Crippen LogP contribution in [0.1, 0.15) is 42.0 Å². The summed E-state index contributed by atoms with van der Waals surface area (Å²) in [6, 6.07) is 1.46. The van der Waals surface area contributed by atoms with Crippen molar-refractivity contribution < 1.29 is 19.2 Å². The molecule has 5 N–H and O–H groups in total. The Labute approximate surface area is 181 Å². The molecule has 0 radical (unpaired) electrons. The third kappa shape index (κ3) is 4.62. The first-order valence-corrected chi connectivity index (χ1v) is 12.2. The first kappa shape index (κ1) is 23.0. The second kappa shape index (κ2) is 8.80. The third-order valence-electron chi connectivity index (χ3n) is 5.43. The van der Waals surface area contributed by atoms with Crippen LogP contribution >= 0.6 is 11.8 Å². The average Bonchev–Trinajstić information content (AvgIpc) is 3.34. The molecule has 0 fully saturated rings. The van der Waals surface area contributed by atoms with E-state index in [2.05, 4.69) is 27.3 Å². The number of amides is 2. The maximum absolute atomic E-state index is 12.9. The van der Waals surface area contributed by atoms with Crippen molar-refractivity contribution in [3.05, 3.63) is 39.1 Å². The molecule has 0 saturated heterocycles. The van der Waals surface area contributed by atoms with Crippen molar-refractivity contribution in [1.82, 2.24) is 0 Å². The molecule has 0 spiro atoms. The van der Waals surface area contributed by atoms with Crippen LogP contribution in [0.15, 0.2) is 26.2 Å². The van der Waals surface area contributed by atoms with Gasteiger partial charge in [-0.3, -0.25) is 4.99 Å². The van der Waals surface area contributed by atoms with E-state index in [1.54, 1.807) is 0 Å². The van der Waals surface area contributed by atoms with Gasteiger partial charge in [0.05, 0.1) is 10.8 Å². The second-order valence-electron chi connectivity index (χ2n) is 7.76. The standard InChI is InChI=1S/C20H28N4O4S2/c1-12(29-18(22-3)20(2,27)11-25)30(21,28)24-19(26)23-17-15-8-4-6-13(15)10-14-7-5-9-16(14)17/h10,25,27H,1,4-9,11H2,2-3H3,(H3,21,23,24,26,28)/b22-18-. The van der Waals surface area contributed by atoms with Crippen LogP contribution in [0.3, 0.4) is 0 Å². The van der Waals surface area contributed by atoms with Crippen molar-refractivity contribution in [3.8, 4) is 0 Å². The number of aliphatic hydroxyl groups excluding tert-OH is 1. The number of aliphatic imine (C=N–C) groups is 1. The van der Waals surface area contributed by atoms with Gasteiger partial charge < -0.3 is 15.5 Å². The lowest BCUT2D eigenvalue weighted by atomic mass is 9.99. The van der Waals surface area contributed by atoms with Crippen molar-refractivity contribution in [2.75, 3.05) is 19.0 Å². The van der Waals surface area contributed by atoms with Crippen molar-refractivity contribution in [2.24, 2.45) is 14.5 Å². The Bertz CT molecular complexity index is 1010. The molecule has 164 valence electrons. The molecule has 0 aromatic heterocycles. The molecule has 2 unspecified atom stereocenters. The summed E-state index contributed by atoms with van der Waals surface area (Å²) >= 11 is 0.743. The van der Waals surface area contributed by atoms with Crippen LogP contribution in [0.2, 0.25) is 0 Å². The lowest BCUT2D eigenvalue weighted by Gasteiger charge is -2.22. The molecule has 2 aliphatic rings. The SMILES string of the molecule is C=C(S/C(=N\C)C(C)(O)CO)S(N)(=O)=NC(=O)Nc1c2c(cc3c1CCC3)CCC2. The van der Waals surface area contributed by atoms with Crippen LogP contribution in [-0.2, 0) is 35.6 Å². The number of hydrogen-bond acceptors (Lipinski definition) is 6. The molecule has 2 amide bonds. The van der Waals surface area contributed by atoms with E-state index in [1.807, 2.05) is 0 Å². The normalized spacial score (nSPS) is 19.4. The fraction of sp³-hybridized carbons (Fsp3) is 0.500. The number of thioether (sulfide) groups is 1. The van der Waals surface area contributed by atoms with Gasteiger partial charge >= 0.3 is 6.03 Å². The van der Waals surface area contributed by atoms with Gasteiger partial charge in [-0.05, 0) is 67.7 Å². The zero-order chi connectivity index (χ0) is 22.1. The molecule has 0 bridgehead atoms. The van der Waals surface area contributed by atoms with E-state index in [-0.39, 0.29) is 9.28 Å². The molecule has 1 aromatic rings. The molecule has 30 heavy (non-hydrogen) atoms. The maximum atomic E-state index is 12.9. The molecule has 0 saturated carbocycles. The van der Waals surface area contributed by atoms with E-state index >= 15 is 0 Å². The number of nitrogens with two attached hydrogens (primary N) is 1. The molecule has 1 aromatic carbocycles. The van der Waals surface area contributed by atoms with Crippen LogP contribution in [0, 0.1) is 0 Å². The minimum Gasteiger partial charge on any atom is -0.393 e. The summed E-state index contributed by atoms with van der Waals surface area (Å²) < 4.78 is 16.4. The largest absolute Gasteiger partial charge is 0.393 e. The second-order valence-corrected chi connectivity index (χ2v) is 10.9. The summed E-state index contributed by atoms with van der Waals surface area (Å²) in [7, 11) is -2.21. The van der Waals surface area contributed by atoms with Crippen LogP contribution in [-0.4, -0.2) is 44.8 Å². The molecule has 2 aliphatic carbocycles. The number of carbonyl (C=O) groups excluding carboxylic acids is 1. The van der Waals surface area contributed by atoms with Crippen LogP contribution in [0.25, 0.3) is 0 Å². The first-order chi connectivity index (χ1) is 14.1. The number of carbonyl (C=O) groups is 1. The van der Waals surface area contributed by atoms with E-state index in [1.165, 1.54) is 25.1 Å². The Hall–Kier alpha value is -1.72. The molecular formula is C20H28N4O4S2. The Kier molecular flexibility index (Phi) is 6.73. The Morgan fingerprint density at radius 3 is 2.37 bits per heavy atom. The predicted octanol–water partition coefficient (Wildman–Crippen LogP) is 2.51. The molecule has 2 atom stereocenters. The Morgan fingerprint density at radius 2 is 1.87 bits per heavy atom. The lowest BCUT2D eigenvalue weighted by molar-refractivity contribution is 0.0630. The van der Waals surface area contributed by atoms with Gasteiger partial charge in [0, 0.05) is 12.7 Å². The number of benzene rings is 1. The average molecular weight is 453 g/mol. The quantitative estimate of drug-likeness (QED) is 0.402. The van der Waals surface area contributed by atoms with Gasteiger partial charge in [0.25, 0.3) is 0 Å². The third-order valence-corrected chi connectivity index (χ3v) is 8.53. The number of aryl methyl sites for hydroxylation is 2. The van der Waals surface area contributed by atoms with Crippen molar-refractivity contribution in [3.63, 3.8) is 0 Å². The molecule has 0 heterocycles. The van der Waals surface area contributed by atoms with Crippen LogP contribution in [0.5, 0.6) is 0 Å². The Morgan fingerprint density at radius 1 is 1.30 bits per heavy atom. The summed E-state index contributed by atoms with van der Waals surface area (Å²) in [6.07, 6.45) is 5.87. The smallest absolute Gasteiger partial charge is 0.354 e. The van der Waals surface area contributed by atoms with Gasteiger partial charge in [-0.1, -0.05) is 24.4 Å². The fourth-order valence-electron chi connectivity index (χ4n) is 3.90. The van der Waals surface area contributed by atoms with Gasteiger partial charge in [-0.2, -0.15) is 0 Å². The summed E-state index contributed by atoms with van der Waals surface area (Å²) in [5.41, 5.74) is 3.93. The number of rotatable bonds is 5. The van der Waals surface area contributed by atoms with E-state index < -0.39 is 28.2 Å². The highest BCUT2D eigenvalue weighted by Gasteiger charge is 2.30. The topological polar surface area (TPSA) is 137 Å². The number of urea groups is 1. The zero-order valence-electron chi connectivity index (χ0n) is 17.2. The van der Waals surface area contributed by atoms with Crippen LogP contribution in [0.4, 0.5) is 10.5 Å². The fourth-order valence-corrected chi connectivity index (χ4v) is 5.71. The van der Waals surface area contributed by atoms with Crippen molar-refractivity contribution in [1.29, 1.82) is 0 Å². The molecule has 10 heteroatoms. The number of hydrogen-bond donors (Lipinski definition) is 4. The van der Waals surface area contributed by atoms with Gasteiger partial charge in [0.2, 0.25) is 0 Å². The molecule has 3 rings (SSSR count). The monoisotopic (exact) mass is 452 g/mol. The minimum atomic E-state index is -3.62. The summed E-state index contributed by atoms with van der Waals surface area (Å²) in [6.45, 7) is 4.42. The van der Waals surface area contributed by atoms with Crippen molar-refractivity contribution >= 4 is 38.4 Å². The van der Waals surface area contributed by atoms with Gasteiger partial charge in [0.15, 0.2) is 0 Å².